The van der Waals surface area contributed by atoms with E-state index in [2.05, 4.69) is 0 Å². The summed E-state index contributed by atoms with van der Waals surface area (Å²) in [5.74, 6) is -2.99. The molecule has 0 aromatic heterocycles. The summed E-state index contributed by atoms with van der Waals surface area (Å²) in [6, 6.07) is 14.1. The van der Waals surface area contributed by atoms with Gasteiger partial charge in [0.25, 0.3) is 11.8 Å². The van der Waals surface area contributed by atoms with Gasteiger partial charge in [-0.05, 0) is 55.3 Å². The molecule has 15 heteroatoms. The van der Waals surface area contributed by atoms with Gasteiger partial charge in [-0.15, -0.1) is 0 Å². The summed E-state index contributed by atoms with van der Waals surface area (Å²) in [5.41, 5.74) is 2.55. The minimum Gasteiger partial charge on any atom is -0.370 e. The maximum atomic E-state index is 14.9. The lowest BCUT2D eigenvalue weighted by Gasteiger charge is -2.32. The van der Waals surface area contributed by atoms with Crippen LogP contribution in [0.1, 0.15) is 50.2 Å². The van der Waals surface area contributed by atoms with Gasteiger partial charge >= 0.3 is 18.0 Å². The Morgan fingerprint density at radius 1 is 0.630 bits per heavy atom. The third kappa shape index (κ3) is 7.46. The van der Waals surface area contributed by atoms with E-state index in [-0.39, 0.29) is 46.6 Å². The molecule has 0 spiro atoms. The number of primary amides is 2. The lowest BCUT2D eigenvalue weighted by Crippen LogP contribution is -2.50. The average molecular weight is 655 g/mol. The van der Waals surface area contributed by atoms with Crippen molar-refractivity contribution < 1.29 is 49.9 Å². The first-order valence-electron chi connectivity index (χ1n) is 13.6. The summed E-state index contributed by atoms with van der Waals surface area (Å²) >= 11 is 0. The van der Waals surface area contributed by atoms with Gasteiger partial charge in [0.1, 0.15) is 0 Å². The average Bonchev–Trinajstić information content (AvgIpc) is 2.96. The van der Waals surface area contributed by atoms with Crippen LogP contribution in [0.4, 0.5) is 42.1 Å². The van der Waals surface area contributed by atoms with Crippen molar-refractivity contribution in [3.05, 3.63) is 94.5 Å². The maximum Gasteiger partial charge on any atom is 0.435 e. The van der Waals surface area contributed by atoms with Crippen molar-refractivity contribution in [1.29, 1.82) is 0 Å². The summed E-state index contributed by atoms with van der Waals surface area (Å²) in [6.07, 6.45) is -13.4. The summed E-state index contributed by atoms with van der Waals surface area (Å²) in [6.45, 7) is 1.55. The molecule has 3 aromatic carbocycles. The number of nitrogens with two attached hydrogens (primary N) is 2. The van der Waals surface area contributed by atoms with Gasteiger partial charge in [-0.1, -0.05) is 36.4 Å². The van der Waals surface area contributed by atoms with Crippen LogP contribution in [-0.2, 0) is 15.3 Å². The van der Waals surface area contributed by atoms with E-state index in [1.54, 1.807) is 18.2 Å². The molecule has 3 rings (SSSR count). The number of hydrogen-bond acceptors (Lipinski definition) is 4. The molecule has 0 atom stereocenters. The molecule has 0 saturated carbocycles. The van der Waals surface area contributed by atoms with Gasteiger partial charge in [0.2, 0.25) is 11.8 Å². The topological polar surface area (TPSA) is 127 Å². The van der Waals surface area contributed by atoms with E-state index in [9.17, 15) is 49.9 Å². The molecule has 0 saturated heterocycles. The first kappa shape index (κ1) is 35.5. The Morgan fingerprint density at radius 2 is 1.09 bits per heavy atom. The molecule has 0 aliphatic heterocycles. The molecule has 0 unspecified atom stereocenters. The first-order chi connectivity index (χ1) is 21.3. The Morgan fingerprint density at radius 3 is 1.57 bits per heavy atom. The Bertz CT molecular complexity index is 1590. The molecule has 46 heavy (non-hydrogen) atoms. The minimum absolute atomic E-state index is 0.111. The van der Waals surface area contributed by atoms with Gasteiger partial charge in [0.15, 0.2) is 0 Å². The van der Waals surface area contributed by atoms with Crippen LogP contribution in [0.2, 0.25) is 0 Å². The predicted octanol–water partition coefficient (Wildman–Crippen LogP) is 5.64. The van der Waals surface area contributed by atoms with Crippen molar-refractivity contribution in [1.82, 2.24) is 0 Å². The van der Waals surface area contributed by atoms with Crippen LogP contribution in [0.25, 0.3) is 0 Å². The van der Waals surface area contributed by atoms with Crippen molar-refractivity contribution in [2.24, 2.45) is 11.5 Å². The van der Waals surface area contributed by atoms with E-state index < -0.39 is 60.2 Å². The van der Waals surface area contributed by atoms with Gasteiger partial charge in [-0.25, -0.2) is 4.39 Å². The second kappa shape index (κ2) is 13.6. The predicted molar refractivity (Wildman–Crippen MR) is 155 cm³/mol. The molecule has 0 aliphatic carbocycles. The van der Waals surface area contributed by atoms with E-state index in [0.717, 1.165) is 18.7 Å². The van der Waals surface area contributed by atoms with Crippen LogP contribution < -0.4 is 21.3 Å². The summed E-state index contributed by atoms with van der Waals surface area (Å²) in [4.78, 5) is 52.6. The highest BCUT2D eigenvalue weighted by molar-refractivity contribution is 6.10. The summed E-state index contributed by atoms with van der Waals surface area (Å²) in [7, 11) is 0. The van der Waals surface area contributed by atoms with Crippen molar-refractivity contribution in [2.45, 2.75) is 44.7 Å². The highest BCUT2D eigenvalue weighted by Gasteiger charge is 2.73. The monoisotopic (exact) mass is 654 g/mol. The van der Waals surface area contributed by atoms with E-state index in [1.807, 2.05) is 0 Å². The summed E-state index contributed by atoms with van der Waals surface area (Å²) in [5, 5.41) is 0. The fraction of sp³-hybridized carbons (Fsp3) is 0.290. The van der Waals surface area contributed by atoms with E-state index in [4.69, 9.17) is 11.5 Å². The minimum atomic E-state index is -6.36. The molecule has 4 amide bonds. The first-order valence-corrected chi connectivity index (χ1v) is 13.6. The van der Waals surface area contributed by atoms with Crippen LogP contribution in [0, 0.1) is 13.8 Å². The smallest absolute Gasteiger partial charge is 0.370 e. The van der Waals surface area contributed by atoms with Gasteiger partial charge in [0, 0.05) is 54.0 Å². The van der Waals surface area contributed by atoms with E-state index in [0.29, 0.717) is 12.1 Å². The van der Waals surface area contributed by atoms with Gasteiger partial charge in [-0.2, -0.15) is 26.3 Å². The number of nitrogens with zero attached hydrogens (tertiary/aromatic N) is 2. The molecular formula is C31H29F7N4O4. The summed E-state index contributed by atoms with van der Waals surface area (Å²) < 4.78 is 95.7. The molecule has 0 fully saturated rings. The zero-order valence-corrected chi connectivity index (χ0v) is 24.5. The Kier molecular flexibility index (Phi) is 10.5. The molecule has 4 N–H and O–H groups in total. The molecule has 8 nitrogen and oxygen atoms in total. The zero-order valence-electron chi connectivity index (χ0n) is 24.5. The van der Waals surface area contributed by atoms with Crippen molar-refractivity contribution >= 4 is 35.0 Å². The maximum absolute atomic E-state index is 14.9. The fourth-order valence-corrected chi connectivity index (χ4v) is 4.87. The van der Waals surface area contributed by atoms with E-state index >= 15 is 0 Å². The molecule has 3 aromatic rings. The van der Waals surface area contributed by atoms with Crippen LogP contribution in [-0.4, -0.2) is 49.1 Å². The molecular weight excluding hydrogens is 625 g/mol. The number of carbonyl (C=O) groups is 4. The molecule has 0 aliphatic rings. The number of carbonyl (C=O) groups excluding carboxylic acids is 4. The number of rotatable bonds is 11. The molecule has 0 heterocycles. The zero-order chi connectivity index (χ0) is 34.6. The van der Waals surface area contributed by atoms with Crippen LogP contribution in [0.3, 0.4) is 0 Å². The largest absolute Gasteiger partial charge is 0.435 e. The van der Waals surface area contributed by atoms with Crippen molar-refractivity contribution in [3.8, 4) is 0 Å². The quantitative estimate of drug-likeness (QED) is 0.260. The number of alkyl halides is 7. The number of anilines is 2. The lowest BCUT2D eigenvalue weighted by molar-refractivity contribution is -0.348. The molecule has 0 radical (unpaired) electrons. The number of hydrogen-bond donors (Lipinski definition) is 2. The number of benzene rings is 3. The normalized spacial score (nSPS) is 12.0. The van der Waals surface area contributed by atoms with Gasteiger partial charge in [0.05, 0.1) is 0 Å². The highest BCUT2D eigenvalue weighted by atomic mass is 19.4. The highest BCUT2D eigenvalue weighted by Crippen LogP contribution is 2.54. The second-order valence-electron chi connectivity index (χ2n) is 10.4. The van der Waals surface area contributed by atoms with Gasteiger partial charge < -0.3 is 21.3 Å². The molecule has 0 bridgehead atoms. The third-order valence-electron chi connectivity index (χ3n) is 7.02. The van der Waals surface area contributed by atoms with Crippen LogP contribution in [0.15, 0.2) is 66.7 Å². The number of halogens is 7. The van der Waals surface area contributed by atoms with Crippen molar-refractivity contribution in [2.75, 3.05) is 22.9 Å². The number of amides is 4. The van der Waals surface area contributed by atoms with Crippen LogP contribution in [0.5, 0.6) is 0 Å². The Balaban J connectivity index is 2.13. The Hall–Kier alpha value is -4.95. The SMILES string of the molecule is Cc1cc(C(F)(C(F)(F)F)C(F)(F)F)cc(C)c1N(CCC(N)=O)C(=O)c1cccc(N(CCC(N)=O)C(=O)c2ccccc2)c1. The fourth-order valence-electron chi connectivity index (χ4n) is 4.87. The third-order valence-corrected chi connectivity index (χ3v) is 7.02. The van der Waals surface area contributed by atoms with Gasteiger partial charge in [-0.3, -0.25) is 19.2 Å². The molecule has 246 valence electrons. The standard InChI is InChI=1S/C31H29F7N4O4/c1-18-15-22(29(32,30(33,34)35)31(36,37)38)16-19(2)26(18)42(14-12-25(40)44)28(46)21-9-6-10-23(17-21)41(13-11-24(39)43)27(45)20-7-4-3-5-8-20/h3-10,15-17H,11-14H2,1-2H3,(H2,39,43)(H2,40,44). The lowest BCUT2D eigenvalue weighted by atomic mass is 9.90. The Labute approximate surface area is 258 Å². The van der Waals surface area contributed by atoms with E-state index in [1.165, 1.54) is 41.3 Å². The number of aryl methyl sites for hydroxylation is 2. The van der Waals surface area contributed by atoms with Crippen molar-refractivity contribution in [3.63, 3.8) is 0 Å². The van der Waals surface area contributed by atoms with Crippen LogP contribution >= 0.6 is 0 Å². The second-order valence-corrected chi connectivity index (χ2v) is 10.4.